The highest BCUT2D eigenvalue weighted by Crippen LogP contribution is 2.40. The molecule has 0 spiro atoms. The lowest BCUT2D eigenvalue weighted by molar-refractivity contribution is -0.151. The third kappa shape index (κ3) is 2.62. The van der Waals surface area contributed by atoms with Gasteiger partial charge in [-0.1, -0.05) is 15.9 Å². The van der Waals surface area contributed by atoms with Gasteiger partial charge in [-0.05, 0) is 43.5 Å². The fraction of sp³-hybridized carbons (Fsp3) is 0.500. The van der Waals surface area contributed by atoms with Crippen LogP contribution in [0.4, 0.5) is 0 Å². The number of aliphatic carboxylic acids is 1. The van der Waals surface area contributed by atoms with E-state index in [0.717, 1.165) is 10.0 Å². The molecule has 5 heteroatoms. The predicted molar refractivity (Wildman–Crippen MR) is 74.5 cm³/mol. The number of methoxy groups -OCH3 is 1. The number of ether oxygens (including phenoxy) is 2. The van der Waals surface area contributed by atoms with Gasteiger partial charge in [0.1, 0.15) is 5.75 Å². The van der Waals surface area contributed by atoms with E-state index in [0.29, 0.717) is 25.2 Å². The molecule has 1 heterocycles. The van der Waals surface area contributed by atoms with Gasteiger partial charge in [0.15, 0.2) is 0 Å². The minimum atomic E-state index is -0.867. The molecule has 0 amide bonds. The van der Waals surface area contributed by atoms with Crippen molar-refractivity contribution in [2.24, 2.45) is 5.41 Å². The monoisotopic (exact) mass is 328 g/mol. The maximum absolute atomic E-state index is 11.7. The Kier molecular flexibility index (Phi) is 4.16. The van der Waals surface area contributed by atoms with Crippen molar-refractivity contribution in [3.63, 3.8) is 0 Å². The van der Waals surface area contributed by atoms with Gasteiger partial charge in [0.2, 0.25) is 0 Å². The molecule has 19 heavy (non-hydrogen) atoms. The van der Waals surface area contributed by atoms with E-state index < -0.39 is 11.4 Å². The number of carboxylic acid groups (broad SMARTS) is 1. The molecule has 1 N–H and O–H groups in total. The van der Waals surface area contributed by atoms with Gasteiger partial charge in [-0.15, -0.1) is 0 Å². The van der Waals surface area contributed by atoms with Crippen LogP contribution in [0.5, 0.6) is 5.75 Å². The van der Waals surface area contributed by atoms with Crippen LogP contribution in [0, 0.1) is 5.41 Å². The van der Waals surface area contributed by atoms with E-state index >= 15 is 0 Å². The first kappa shape index (κ1) is 14.3. The molecule has 0 aromatic heterocycles. The molecule has 1 aliphatic rings. The van der Waals surface area contributed by atoms with Crippen molar-refractivity contribution < 1.29 is 19.4 Å². The molecular formula is C14H17BrO4. The summed E-state index contributed by atoms with van der Waals surface area (Å²) < 4.78 is 11.7. The van der Waals surface area contributed by atoms with Crippen LogP contribution in [0.15, 0.2) is 22.7 Å². The zero-order valence-corrected chi connectivity index (χ0v) is 12.6. The fourth-order valence-electron chi connectivity index (χ4n) is 2.59. The number of hydrogen-bond donors (Lipinski definition) is 1. The lowest BCUT2D eigenvalue weighted by atomic mass is 9.76. The first-order chi connectivity index (χ1) is 8.99. The van der Waals surface area contributed by atoms with Crippen molar-refractivity contribution in [1.82, 2.24) is 0 Å². The summed E-state index contributed by atoms with van der Waals surface area (Å²) in [7, 11) is 1.59. The number of benzene rings is 1. The quantitative estimate of drug-likeness (QED) is 0.923. The zero-order valence-electron chi connectivity index (χ0n) is 11.0. The van der Waals surface area contributed by atoms with Crippen molar-refractivity contribution >= 4 is 21.9 Å². The van der Waals surface area contributed by atoms with Crippen LogP contribution in [0.2, 0.25) is 0 Å². The normalized spacial score (nSPS) is 26.4. The molecule has 104 valence electrons. The van der Waals surface area contributed by atoms with E-state index in [-0.39, 0.29) is 6.10 Å². The lowest BCUT2D eigenvalue weighted by Crippen LogP contribution is -2.39. The standard InChI is InChI=1S/C14H17BrO4/c1-9-14(13(16)17,5-6-19-9)8-10-7-11(15)3-4-12(10)18-2/h3-4,7,9H,5-6,8H2,1-2H3,(H,16,17). The molecule has 2 atom stereocenters. The van der Waals surface area contributed by atoms with E-state index in [2.05, 4.69) is 15.9 Å². The Labute approximate surface area is 120 Å². The van der Waals surface area contributed by atoms with Crippen molar-refractivity contribution in [2.75, 3.05) is 13.7 Å². The SMILES string of the molecule is COc1ccc(Br)cc1CC1(C(=O)O)CCOC1C. The minimum absolute atomic E-state index is 0.298. The van der Waals surface area contributed by atoms with Crippen LogP contribution >= 0.6 is 15.9 Å². The fourth-order valence-corrected chi connectivity index (χ4v) is 3.00. The first-order valence-corrected chi connectivity index (χ1v) is 6.96. The van der Waals surface area contributed by atoms with Crippen molar-refractivity contribution in [2.45, 2.75) is 25.9 Å². The highest BCUT2D eigenvalue weighted by atomic mass is 79.9. The number of rotatable bonds is 4. The largest absolute Gasteiger partial charge is 0.496 e. The average molecular weight is 329 g/mol. The topological polar surface area (TPSA) is 55.8 Å². The highest BCUT2D eigenvalue weighted by Gasteiger charge is 2.48. The second-order valence-electron chi connectivity index (χ2n) is 4.86. The molecule has 0 radical (unpaired) electrons. The van der Waals surface area contributed by atoms with Crippen molar-refractivity contribution in [3.8, 4) is 5.75 Å². The lowest BCUT2D eigenvalue weighted by Gasteiger charge is -2.28. The van der Waals surface area contributed by atoms with Gasteiger partial charge in [-0.2, -0.15) is 0 Å². The summed E-state index contributed by atoms with van der Waals surface area (Å²) in [5.41, 5.74) is 0.0188. The number of halogens is 1. The van der Waals surface area contributed by atoms with Gasteiger partial charge < -0.3 is 14.6 Å². The third-order valence-electron chi connectivity index (χ3n) is 3.87. The van der Waals surface area contributed by atoms with E-state index in [1.54, 1.807) is 7.11 Å². The summed E-state index contributed by atoms with van der Waals surface area (Å²) in [4.78, 5) is 11.7. The molecule has 1 saturated heterocycles. The molecule has 1 aromatic carbocycles. The molecule has 0 aliphatic carbocycles. The second-order valence-corrected chi connectivity index (χ2v) is 5.77. The second kappa shape index (κ2) is 5.51. The molecule has 2 rings (SSSR count). The molecule has 1 fully saturated rings. The minimum Gasteiger partial charge on any atom is -0.496 e. The smallest absolute Gasteiger partial charge is 0.312 e. The average Bonchev–Trinajstić information content (AvgIpc) is 2.72. The van der Waals surface area contributed by atoms with E-state index in [4.69, 9.17) is 9.47 Å². The molecule has 4 nitrogen and oxygen atoms in total. The van der Waals surface area contributed by atoms with Gasteiger partial charge in [0.25, 0.3) is 0 Å². The Balaban J connectivity index is 2.37. The van der Waals surface area contributed by atoms with Crippen molar-refractivity contribution in [1.29, 1.82) is 0 Å². The molecule has 0 bridgehead atoms. The summed E-state index contributed by atoms with van der Waals surface area (Å²) >= 11 is 3.41. The van der Waals surface area contributed by atoms with Crippen LogP contribution in [0.1, 0.15) is 18.9 Å². The molecule has 0 saturated carbocycles. The van der Waals surface area contributed by atoms with E-state index in [1.807, 2.05) is 25.1 Å². The van der Waals surface area contributed by atoms with Crippen LogP contribution in [0.3, 0.4) is 0 Å². The molecule has 1 aromatic rings. The summed E-state index contributed by atoms with van der Waals surface area (Å²) in [5, 5.41) is 9.60. The van der Waals surface area contributed by atoms with Crippen LogP contribution in [-0.2, 0) is 16.0 Å². The molecule has 1 aliphatic heterocycles. The molecular weight excluding hydrogens is 312 g/mol. The van der Waals surface area contributed by atoms with Crippen LogP contribution < -0.4 is 4.74 Å². The highest BCUT2D eigenvalue weighted by molar-refractivity contribution is 9.10. The van der Waals surface area contributed by atoms with E-state index in [1.165, 1.54) is 0 Å². The van der Waals surface area contributed by atoms with Gasteiger partial charge in [0, 0.05) is 11.1 Å². The van der Waals surface area contributed by atoms with Gasteiger partial charge >= 0.3 is 5.97 Å². The summed E-state index contributed by atoms with van der Waals surface area (Å²) in [5.74, 6) is -0.0950. The zero-order chi connectivity index (χ0) is 14.0. The number of hydrogen-bond acceptors (Lipinski definition) is 3. The summed E-state index contributed by atoms with van der Waals surface area (Å²) in [6.07, 6.45) is 0.638. The van der Waals surface area contributed by atoms with Crippen LogP contribution in [-0.4, -0.2) is 30.9 Å². The summed E-state index contributed by atoms with van der Waals surface area (Å²) in [6.45, 7) is 2.31. The maximum atomic E-state index is 11.7. The van der Waals surface area contributed by atoms with Crippen molar-refractivity contribution in [3.05, 3.63) is 28.2 Å². The predicted octanol–water partition coefficient (Wildman–Crippen LogP) is 2.88. The Morgan fingerprint density at radius 3 is 2.89 bits per heavy atom. The number of carboxylic acids is 1. The Hall–Kier alpha value is -1.07. The van der Waals surface area contributed by atoms with E-state index in [9.17, 15) is 9.90 Å². The van der Waals surface area contributed by atoms with Gasteiger partial charge in [-0.3, -0.25) is 4.79 Å². The Morgan fingerprint density at radius 2 is 2.37 bits per heavy atom. The summed E-state index contributed by atoms with van der Waals surface area (Å²) in [6, 6.07) is 5.63. The Bertz CT molecular complexity index is 488. The maximum Gasteiger partial charge on any atom is 0.312 e. The number of carbonyl (C=O) groups is 1. The molecule has 2 unspecified atom stereocenters. The van der Waals surface area contributed by atoms with Gasteiger partial charge in [0.05, 0.1) is 18.6 Å². The first-order valence-electron chi connectivity index (χ1n) is 6.17. The van der Waals surface area contributed by atoms with Gasteiger partial charge in [-0.25, -0.2) is 0 Å². The Morgan fingerprint density at radius 1 is 1.63 bits per heavy atom. The third-order valence-corrected chi connectivity index (χ3v) is 4.36. The van der Waals surface area contributed by atoms with Crippen LogP contribution in [0.25, 0.3) is 0 Å².